The van der Waals surface area contributed by atoms with Gasteiger partial charge in [-0.05, 0) is 50.8 Å². The molecule has 1 saturated heterocycles. The molecule has 0 aromatic carbocycles. The normalized spacial score (nSPS) is 19.5. The second-order valence-electron chi connectivity index (χ2n) is 9.29. The molecule has 0 spiro atoms. The number of nitrogens with one attached hydrogen (secondary N) is 1. The van der Waals surface area contributed by atoms with E-state index in [2.05, 4.69) is 41.0 Å². The van der Waals surface area contributed by atoms with Gasteiger partial charge >= 0.3 is 0 Å². The van der Waals surface area contributed by atoms with Crippen LogP contribution in [0.3, 0.4) is 0 Å². The molecule has 4 rings (SSSR count). The van der Waals surface area contributed by atoms with Crippen LogP contribution in [0.1, 0.15) is 69.3 Å². The Bertz CT molecular complexity index is 835. The highest BCUT2D eigenvalue weighted by molar-refractivity contribution is 5.24. The van der Waals surface area contributed by atoms with Crippen molar-refractivity contribution in [1.82, 2.24) is 24.9 Å². The Morgan fingerprint density at radius 3 is 2.56 bits per heavy atom. The lowest BCUT2D eigenvalue weighted by molar-refractivity contribution is 0.162. The van der Waals surface area contributed by atoms with Crippen LogP contribution in [0.4, 0.5) is 0 Å². The first-order valence-corrected chi connectivity index (χ1v) is 10.2. The summed E-state index contributed by atoms with van der Waals surface area (Å²) in [6, 6.07) is 3.53. The van der Waals surface area contributed by atoms with Crippen molar-refractivity contribution < 1.29 is 0 Å². The third-order valence-corrected chi connectivity index (χ3v) is 5.90. The Morgan fingerprint density at radius 2 is 1.89 bits per heavy atom. The maximum atomic E-state index is 12.2. The highest BCUT2D eigenvalue weighted by Gasteiger charge is 2.29. The number of H-pyrrole nitrogens is 1. The summed E-state index contributed by atoms with van der Waals surface area (Å²) in [6.45, 7) is 10.3. The lowest BCUT2D eigenvalue weighted by atomic mass is 9.92. The van der Waals surface area contributed by atoms with Crippen LogP contribution in [0.15, 0.2) is 23.1 Å². The van der Waals surface area contributed by atoms with Crippen molar-refractivity contribution in [3.05, 3.63) is 45.6 Å². The second-order valence-corrected chi connectivity index (χ2v) is 9.29. The Balaban J connectivity index is 1.34. The van der Waals surface area contributed by atoms with E-state index in [1.165, 1.54) is 24.1 Å². The Kier molecular flexibility index (Phi) is 4.93. The molecular weight excluding hydrogens is 338 g/mol. The first-order chi connectivity index (χ1) is 12.9. The molecule has 146 valence electrons. The van der Waals surface area contributed by atoms with E-state index in [0.717, 1.165) is 44.7 Å². The van der Waals surface area contributed by atoms with E-state index in [1.807, 2.05) is 12.3 Å². The quantitative estimate of drug-likeness (QED) is 0.880. The second kappa shape index (κ2) is 7.23. The molecule has 0 bridgehead atoms. The first kappa shape index (κ1) is 18.4. The summed E-state index contributed by atoms with van der Waals surface area (Å²) in [5, 5.41) is 12.1. The lowest BCUT2D eigenvalue weighted by Gasteiger charge is -2.32. The van der Waals surface area contributed by atoms with Crippen molar-refractivity contribution in [2.75, 3.05) is 13.1 Å². The third-order valence-electron chi connectivity index (χ3n) is 5.90. The van der Waals surface area contributed by atoms with Gasteiger partial charge in [0.25, 0.3) is 5.56 Å². The van der Waals surface area contributed by atoms with Crippen LogP contribution < -0.4 is 5.56 Å². The van der Waals surface area contributed by atoms with E-state index >= 15 is 0 Å². The summed E-state index contributed by atoms with van der Waals surface area (Å²) in [5.41, 5.74) is 3.67. The predicted molar refractivity (Wildman–Crippen MR) is 106 cm³/mol. The van der Waals surface area contributed by atoms with Gasteiger partial charge < -0.3 is 0 Å². The number of aromatic nitrogens is 4. The Morgan fingerprint density at radius 1 is 1.15 bits per heavy atom. The van der Waals surface area contributed by atoms with Crippen molar-refractivity contribution in [3.63, 3.8) is 0 Å². The molecule has 0 unspecified atom stereocenters. The fraction of sp³-hybridized carbons (Fsp3) is 0.667. The van der Waals surface area contributed by atoms with Crippen LogP contribution in [0.5, 0.6) is 0 Å². The van der Waals surface area contributed by atoms with Gasteiger partial charge in [0.1, 0.15) is 0 Å². The molecule has 0 radical (unpaired) electrons. The number of nitrogens with zero attached hydrogens (tertiary/aromatic N) is 4. The topological polar surface area (TPSA) is 66.8 Å². The van der Waals surface area contributed by atoms with Gasteiger partial charge in [0.2, 0.25) is 0 Å². The number of likely N-dealkylation sites (tertiary alicyclic amines) is 1. The molecule has 27 heavy (non-hydrogen) atoms. The number of rotatable bonds is 5. The number of hydrogen-bond donors (Lipinski definition) is 1. The molecule has 0 amide bonds. The summed E-state index contributed by atoms with van der Waals surface area (Å²) >= 11 is 0. The zero-order chi connectivity index (χ0) is 19.0. The fourth-order valence-corrected chi connectivity index (χ4v) is 3.96. The van der Waals surface area contributed by atoms with Crippen molar-refractivity contribution in [2.45, 2.75) is 70.9 Å². The summed E-state index contributed by atoms with van der Waals surface area (Å²) in [5.74, 6) is 1.24. The van der Waals surface area contributed by atoms with E-state index in [1.54, 1.807) is 10.7 Å². The van der Waals surface area contributed by atoms with Gasteiger partial charge in [0.05, 0.1) is 11.9 Å². The average Bonchev–Trinajstić information content (AvgIpc) is 3.37. The lowest BCUT2D eigenvalue weighted by Crippen LogP contribution is -2.37. The van der Waals surface area contributed by atoms with Gasteiger partial charge in [0, 0.05) is 41.7 Å². The smallest absolute Gasteiger partial charge is 0.266 e. The molecule has 1 aliphatic carbocycles. The van der Waals surface area contributed by atoms with Crippen LogP contribution in [0, 0.1) is 5.92 Å². The van der Waals surface area contributed by atoms with Crippen molar-refractivity contribution in [2.24, 2.45) is 5.92 Å². The number of hydrogen-bond acceptors (Lipinski definition) is 4. The molecule has 6 nitrogen and oxygen atoms in total. The van der Waals surface area contributed by atoms with Gasteiger partial charge in [0.15, 0.2) is 0 Å². The molecule has 2 aromatic heterocycles. The molecule has 1 saturated carbocycles. The van der Waals surface area contributed by atoms with E-state index in [-0.39, 0.29) is 11.0 Å². The van der Waals surface area contributed by atoms with Crippen LogP contribution in [-0.4, -0.2) is 38.0 Å². The highest BCUT2D eigenvalue weighted by atomic mass is 16.1. The third kappa shape index (κ3) is 4.32. The molecule has 3 heterocycles. The summed E-state index contributed by atoms with van der Waals surface area (Å²) in [6.07, 6.45) is 6.83. The first-order valence-electron chi connectivity index (χ1n) is 10.2. The fourth-order valence-electron chi connectivity index (χ4n) is 3.96. The van der Waals surface area contributed by atoms with Gasteiger partial charge in [-0.25, -0.2) is 4.68 Å². The Labute approximate surface area is 161 Å². The molecule has 0 atom stereocenters. The summed E-state index contributed by atoms with van der Waals surface area (Å²) in [7, 11) is 0. The highest BCUT2D eigenvalue weighted by Crippen LogP contribution is 2.40. The van der Waals surface area contributed by atoms with Gasteiger partial charge in [-0.1, -0.05) is 20.8 Å². The molecular formula is C21H31N5O. The molecule has 6 heteroatoms. The van der Waals surface area contributed by atoms with E-state index in [0.29, 0.717) is 11.8 Å². The molecule has 1 N–H and O–H groups in total. The molecule has 1 aliphatic heterocycles. The van der Waals surface area contributed by atoms with E-state index in [9.17, 15) is 4.79 Å². The van der Waals surface area contributed by atoms with Gasteiger partial charge in [-0.2, -0.15) is 10.2 Å². The van der Waals surface area contributed by atoms with Crippen LogP contribution in [-0.2, 0) is 18.5 Å². The standard InChI is InChI=1S/C21H31N5O/c1-21(2,3)18-6-7-19(27)26(24-18)13-15-8-10-25(11-9-15)14-17-12-22-23-20(17)16-4-5-16/h6-7,12,15-16H,4-5,8-11,13-14H2,1-3H3,(H,22,23). The van der Waals surface area contributed by atoms with Crippen LogP contribution in [0.2, 0.25) is 0 Å². The minimum atomic E-state index is -0.0390. The van der Waals surface area contributed by atoms with Crippen molar-refractivity contribution in [1.29, 1.82) is 0 Å². The van der Waals surface area contributed by atoms with Crippen LogP contribution >= 0.6 is 0 Å². The largest absolute Gasteiger partial charge is 0.299 e. The molecule has 2 aliphatic rings. The maximum absolute atomic E-state index is 12.2. The minimum absolute atomic E-state index is 0.0119. The van der Waals surface area contributed by atoms with Crippen molar-refractivity contribution in [3.8, 4) is 0 Å². The van der Waals surface area contributed by atoms with Crippen molar-refractivity contribution >= 4 is 0 Å². The Hall–Kier alpha value is -1.95. The summed E-state index contributed by atoms with van der Waals surface area (Å²) < 4.78 is 1.68. The van der Waals surface area contributed by atoms with E-state index < -0.39 is 0 Å². The molecule has 2 fully saturated rings. The maximum Gasteiger partial charge on any atom is 0.266 e. The van der Waals surface area contributed by atoms with E-state index in [4.69, 9.17) is 0 Å². The number of aromatic amines is 1. The SMILES string of the molecule is CC(C)(C)c1ccc(=O)n(CC2CCN(Cc3cn[nH]c3C3CC3)CC2)n1. The monoisotopic (exact) mass is 369 g/mol. The average molecular weight is 370 g/mol. The summed E-state index contributed by atoms with van der Waals surface area (Å²) in [4.78, 5) is 14.8. The zero-order valence-corrected chi connectivity index (χ0v) is 16.7. The zero-order valence-electron chi connectivity index (χ0n) is 16.7. The van der Waals surface area contributed by atoms with Crippen LogP contribution in [0.25, 0.3) is 0 Å². The minimum Gasteiger partial charge on any atom is -0.299 e. The predicted octanol–water partition coefficient (Wildman–Crippen LogP) is 3.05. The number of piperidine rings is 1. The molecule has 2 aromatic rings. The van der Waals surface area contributed by atoms with Gasteiger partial charge in [-0.3, -0.25) is 14.8 Å². The van der Waals surface area contributed by atoms with Gasteiger partial charge in [-0.15, -0.1) is 0 Å².